The maximum Gasteiger partial charge on any atom is 0.325 e. The number of carbonyl (C=O) groups is 3. The van der Waals surface area contributed by atoms with E-state index in [9.17, 15) is 14.4 Å². The average molecular weight is 350 g/mol. The minimum atomic E-state index is -1.19. The molecule has 128 valence electrons. The normalized spacial score (nSPS) is 24.3. The Hall–Kier alpha value is -2.08. The summed E-state index contributed by atoms with van der Waals surface area (Å²) < 4.78 is 0. The summed E-state index contributed by atoms with van der Waals surface area (Å²) in [6.07, 6.45) is 4.11. The van der Waals surface area contributed by atoms with Crippen molar-refractivity contribution in [3.63, 3.8) is 0 Å². The molecule has 3 rings (SSSR count). The number of nitrogens with zero attached hydrogens (tertiary/aromatic N) is 1. The highest BCUT2D eigenvalue weighted by atomic mass is 35.5. The van der Waals surface area contributed by atoms with Crippen molar-refractivity contribution in [2.24, 2.45) is 0 Å². The van der Waals surface area contributed by atoms with Crippen LogP contribution in [0.2, 0.25) is 5.02 Å². The molecule has 0 aromatic heterocycles. The first-order chi connectivity index (χ1) is 11.4. The maximum absolute atomic E-state index is 12.7. The zero-order valence-electron chi connectivity index (χ0n) is 13.5. The van der Waals surface area contributed by atoms with E-state index in [0.717, 1.165) is 30.6 Å². The third kappa shape index (κ3) is 3.11. The second-order valence-corrected chi connectivity index (χ2v) is 6.94. The number of hydrogen-bond donors (Lipinski definition) is 2. The Labute approximate surface area is 145 Å². The Morgan fingerprint density at radius 1 is 1.29 bits per heavy atom. The van der Waals surface area contributed by atoms with E-state index in [1.54, 1.807) is 31.2 Å². The summed E-state index contributed by atoms with van der Waals surface area (Å²) in [7, 11) is 0. The number of imide groups is 1. The molecule has 1 saturated carbocycles. The molecule has 2 fully saturated rings. The molecule has 24 heavy (non-hydrogen) atoms. The van der Waals surface area contributed by atoms with Crippen LogP contribution in [-0.4, -0.2) is 35.3 Å². The molecule has 0 bridgehead atoms. The van der Waals surface area contributed by atoms with E-state index in [1.165, 1.54) is 0 Å². The summed E-state index contributed by atoms with van der Waals surface area (Å²) in [6, 6.07) is 6.32. The molecule has 1 aromatic carbocycles. The van der Waals surface area contributed by atoms with Gasteiger partial charge in [-0.3, -0.25) is 14.5 Å². The van der Waals surface area contributed by atoms with Crippen LogP contribution in [0.15, 0.2) is 24.3 Å². The van der Waals surface area contributed by atoms with Crippen molar-refractivity contribution in [3.05, 3.63) is 34.9 Å². The van der Waals surface area contributed by atoms with Gasteiger partial charge in [-0.05, 0) is 37.5 Å². The van der Waals surface area contributed by atoms with Gasteiger partial charge in [-0.1, -0.05) is 36.6 Å². The second-order valence-electron chi connectivity index (χ2n) is 6.50. The zero-order chi connectivity index (χ0) is 17.3. The van der Waals surface area contributed by atoms with Crippen LogP contribution in [0.4, 0.5) is 4.79 Å². The number of carbonyl (C=O) groups excluding carboxylic acids is 3. The van der Waals surface area contributed by atoms with Crippen molar-refractivity contribution >= 4 is 29.4 Å². The fourth-order valence-corrected chi connectivity index (χ4v) is 3.43. The highest BCUT2D eigenvalue weighted by Gasteiger charge is 2.49. The number of halogens is 1. The van der Waals surface area contributed by atoms with Gasteiger partial charge in [-0.25, -0.2) is 4.79 Å². The van der Waals surface area contributed by atoms with Gasteiger partial charge in [-0.15, -0.1) is 0 Å². The van der Waals surface area contributed by atoms with E-state index in [0.29, 0.717) is 10.6 Å². The van der Waals surface area contributed by atoms with E-state index < -0.39 is 17.5 Å². The minimum absolute atomic E-state index is 0.154. The van der Waals surface area contributed by atoms with Crippen LogP contribution in [0, 0.1) is 0 Å². The second kappa shape index (κ2) is 6.43. The molecule has 1 heterocycles. The summed E-state index contributed by atoms with van der Waals surface area (Å²) in [5.41, 5.74) is -0.557. The van der Waals surface area contributed by atoms with Crippen molar-refractivity contribution in [1.29, 1.82) is 0 Å². The van der Waals surface area contributed by atoms with E-state index in [4.69, 9.17) is 11.6 Å². The van der Waals surface area contributed by atoms with Gasteiger partial charge in [0.15, 0.2) is 0 Å². The Balaban J connectivity index is 1.71. The summed E-state index contributed by atoms with van der Waals surface area (Å²) in [5, 5.41) is 6.12. The van der Waals surface area contributed by atoms with Gasteiger partial charge >= 0.3 is 6.03 Å². The number of nitrogens with one attached hydrogen (secondary N) is 2. The van der Waals surface area contributed by atoms with Crippen LogP contribution in [0.25, 0.3) is 0 Å². The summed E-state index contributed by atoms with van der Waals surface area (Å²) >= 11 is 5.87. The summed E-state index contributed by atoms with van der Waals surface area (Å²) in [6.45, 7) is 1.37. The average Bonchev–Trinajstić information content (AvgIpc) is 3.11. The Morgan fingerprint density at radius 2 is 1.92 bits per heavy atom. The van der Waals surface area contributed by atoms with Crippen LogP contribution in [-0.2, 0) is 15.1 Å². The molecule has 2 aliphatic rings. The number of amides is 4. The van der Waals surface area contributed by atoms with Crippen molar-refractivity contribution in [3.8, 4) is 0 Å². The van der Waals surface area contributed by atoms with Gasteiger partial charge < -0.3 is 10.6 Å². The number of rotatable bonds is 4. The molecule has 1 aromatic rings. The van der Waals surface area contributed by atoms with Crippen molar-refractivity contribution in [2.75, 3.05) is 6.54 Å². The Morgan fingerprint density at radius 3 is 2.54 bits per heavy atom. The third-order valence-electron chi connectivity index (χ3n) is 4.72. The molecule has 1 atom stereocenters. The lowest BCUT2D eigenvalue weighted by Gasteiger charge is -2.22. The summed E-state index contributed by atoms with van der Waals surface area (Å²) in [5.74, 6) is -0.734. The topological polar surface area (TPSA) is 78.5 Å². The fraction of sp³-hybridized carbons (Fsp3) is 0.471. The SMILES string of the molecule is C[C@@]1(c2ccc(Cl)cc2)NC(=O)N(CC(=O)NC2CCCC2)C1=O. The summed E-state index contributed by atoms with van der Waals surface area (Å²) in [4.78, 5) is 38.0. The quantitative estimate of drug-likeness (QED) is 0.818. The third-order valence-corrected chi connectivity index (χ3v) is 4.97. The zero-order valence-corrected chi connectivity index (χ0v) is 14.2. The van der Waals surface area contributed by atoms with Crippen LogP contribution < -0.4 is 10.6 Å². The first kappa shape index (κ1) is 16.8. The lowest BCUT2D eigenvalue weighted by atomic mass is 9.92. The fourth-order valence-electron chi connectivity index (χ4n) is 3.31. The minimum Gasteiger partial charge on any atom is -0.352 e. The van der Waals surface area contributed by atoms with Gasteiger partial charge in [0.1, 0.15) is 12.1 Å². The Bertz CT molecular complexity index is 670. The molecule has 0 unspecified atom stereocenters. The predicted molar refractivity (Wildman–Crippen MR) is 89.4 cm³/mol. The molecule has 7 heteroatoms. The lowest BCUT2D eigenvalue weighted by molar-refractivity contribution is -0.135. The first-order valence-electron chi connectivity index (χ1n) is 8.09. The molecule has 1 saturated heterocycles. The van der Waals surface area contributed by atoms with Crippen LogP contribution in [0.1, 0.15) is 38.2 Å². The van der Waals surface area contributed by atoms with E-state index in [2.05, 4.69) is 10.6 Å². The first-order valence-corrected chi connectivity index (χ1v) is 8.47. The van der Waals surface area contributed by atoms with Crippen LogP contribution in [0.5, 0.6) is 0 Å². The highest BCUT2D eigenvalue weighted by molar-refractivity contribution is 6.30. The van der Waals surface area contributed by atoms with E-state index >= 15 is 0 Å². The molecule has 4 amide bonds. The smallest absolute Gasteiger partial charge is 0.325 e. The largest absolute Gasteiger partial charge is 0.352 e. The standard InChI is InChI=1S/C17H20ClN3O3/c1-17(11-6-8-12(18)9-7-11)15(23)21(16(24)20-17)10-14(22)19-13-4-2-3-5-13/h6-9,13H,2-5,10H2,1H3,(H,19,22)(H,20,24)/t17-/m0/s1. The molecular formula is C17H20ClN3O3. The lowest BCUT2D eigenvalue weighted by Crippen LogP contribution is -2.45. The maximum atomic E-state index is 12.7. The van der Waals surface area contributed by atoms with Crippen LogP contribution >= 0.6 is 11.6 Å². The number of benzene rings is 1. The van der Waals surface area contributed by atoms with Crippen molar-refractivity contribution in [1.82, 2.24) is 15.5 Å². The molecule has 1 aliphatic carbocycles. The van der Waals surface area contributed by atoms with Gasteiger partial charge in [-0.2, -0.15) is 0 Å². The Kier molecular flexibility index (Phi) is 4.49. The van der Waals surface area contributed by atoms with Gasteiger partial charge in [0, 0.05) is 11.1 Å². The number of urea groups is 1. The molecule has 6 nitrogen and oxygen atoms in total. The number of hydrogen-bond acceptors (Lipinski definition) is 3. The van der Waals surface area contributed by atoms with Crippen molar-refractivity contribution in [2.45, 2.75) is 44.2 Å². The van der Waals surface area contributed by atoms with E-state index in [1.807, 2.05) is 0 Å². The van der Waals surface area contributed by atoms with Gasteiger partial charge in [0.05, 0.1) is 0 Å². The molecule has 0 radical (unpaired) electrons. The molecule has 1 aliphatic heterocycles. The van der Waals surface area contributed by atoms with Gasteiger partial charge in [0.2, 0.25) is 5.91 Å². The van der Waals surface area contributed by atoms with Crippen molar-refractivity contribution < 1.29 is 14.4 Å². The monoisotopic (exact) mass is 349 g/mol. The molecular weight excluding hydrogens is 330 g/mol. The molecule has 2 N–H and O–H groups in total. The van der Waals surface area contributed by atoms with Crippen LogP contribution in [0.3, 0.4) is 0 Å². The highest BCUT2D eigenvalue weighted by Crippen LogP contribution is 2.29. The van der Waals surface area contributed by atoms with E-state index in [-0.39, 0.29) is 18.5 Å². The van der Waals surface area contributed by atoms with Gasteiger partial charge in [0.25, 0.3) is 5.91 Å². The molecule has 0 spiro atoms. The predicted octanol–water partition coefficient (Wildman–Crippen LogP) is 2.17.